The first-order valence-electron chi connectivity index (χ1n) is 7.68. The molecule has 7 heteroatoms. The lowest BCUT2D eigenvalue weighted by atomic mass is 10.1. The smallest absolute Gasteiger partial charge is 0.303 e. The normalized spacial score (nSPS) is 10.6. The van der Waals surface area contributed by atoms with Crippen LogP contribution in [-0.2, 0) is 16.0 Å². The summed E-state index contributed by atoms with van der Waals surface area (Å²) < 4.78 is 14.7. The third kappa shape index (κ3) is 4.41. The van der Waals surface area contributed by atoms with E-state index >= 15 is 0 Å². The number of carboxylic acids is 1. The Bertz CT molecular complexity index is 738. The highest BCUT2D eigenvalue weighted by Gasteiger charge is 2.15. The predicted molar refractivity (Wildman–Crippen MR) is 86.6 cm³/mol. The van der Waals surface area contributed by atoms with Crippen molar-refractivity contribution in [2.45, 2.75) is 33.1 Å². The zero-order valence-electron chi connectivity index (χ0n) is 13.7. The summed E-state index contributed by atoms with van der Waals surface area (Å²) >= 11 is 0. The number of hydrogen-bond donors (Lipinski definition) is 2. The number of rotatable bonds is 7. The van der Waals surface area contributed by atoms with Crippen molar-refractivity contribution in [1.29, 1.82) is 0 Å². The van der Waals surface area contributed by atoms with Crippen LogP contribution in [0.15, 0.2) is 24.3 Å². The van der Waals surface area contributed by atoms with E-state index in [4.69, 9.17) is 5.11 Å². The molecule has 0 unspecified atom stereocenters. The Kier molecular flexibility index (Phi) is 5.68. The number of nitrogens with zero attached hydrogens (tertiary/aromatic N) is 2. The van der Waals surface area contributed by atoms with Crippen LogP contribution in [0.5, 0.6) is 0 Å². The van der Waals surface area contributed by atoms with Gasteiger partial charge in [0.15, 0.2) is 0 Å². The van der Waals surface area contributed by atoms with Crippen LogP contribution in [0, 0.1) is 19.7 Å². The Labute approximate surface area is 139 Å². The minimum Gasteiger partial charge on any atom is -0.481 e. The van der Waals surface area contributed by atoms with Gasteiger partial charge in [-0.1, -0.05) is 0 Å². The lowest BCUT2D eigenvalue weighted by Crippen LogP contribution is -2.26. The fraction of sp³-hybridized carbons (Fsp3) is 0.353. The summed E-state index contributed by atoms with van der Waals surface area (Å²) in [5.74, 6) is -1.37. The molecule has 24 heavy (non-hydrogen) atoms. The van der Waals surface area contributed by atoms with E-state index in [0.29, 0.717) is 13.0 Å². The van der Waals surface area contributed by atoms with Gasteiger partial charge in [0, 0.05) is 24.2 Å². The van der Waals surface area contributed by atoms with Crippen molar-refractivity contribution >= 4 is 11.9 Å². The van der Waals surface area contributed by atoms with E-state index in [2.05, 4.69) is 10.4 Å². The van der Waals surface area contributed by atoms with Crippen LogP contribution in [-0.4, -0.2) is 33.3 Å². The number of amides is 1. The van der Waals surface area contributed by atoms with Crippen molar-refractivity contribution < 1.29 is 19.1 Å². The molecule has 2 aromatic rings. The highest BCUT2D eigenvalue weighted by molar-refractivity contribution is 5.79. The number of benzene rings is 1. The first-order valence-corrected chi connectivity index (χ1v) is 7.68. The number of aromatic nitrogens is 2. The summed E-state index contributed by atoms with van der Waals surface area (Å²) in [5.41, 5.74) is 3.09. The molecule has 0 aliphatic carbocycles. The fourth-order valence-corrected chi connectivity index (χ4v) is 2.45. The van der Waals surface area contributed by atoms with Gasteiger partial charge in [-0.2, -0.15) is 5.10 Å². The van der Waals surface area contributed by atoms with Gasteiger partial charge in [-0.25, -0.2) is 9.07 Å². The van der Waals surface area contributed by atoms with Crippen molar-refractivity contribution in [3.8, 4) is 5.69 Å². The van der Waals surface area contributed by atoms with Crippen molar-refractivity contribution in [1.82, 2.24) is 15.1 Å². The third-order valence-electron chi connectivity index (χ3n) is 3.74. The van der Waals surface area contributed by atoms with Gasteiger partial charge in [0.05, 0.1) is 17.8 Å². The molecule has 1 aromatic heterocycles. The summed E-state index contributed by atoms with van der Waals surface area (Å²) in [6.07, 6.45) is 0.598. The summed E-state index contributed by atoms with van der Waals surface area (Å²) in [7, 11) is 0. The summed E-state index contributed by atoms with van der Waals surface area (Å²) in [6.45, 7) is 4.01. The number of aryl methyl sites for hydroxylation is 1. The third-order valence-corrected chi connectivity index (χ3v) is 3.74. The molecule has 0 fully saturated rings. The standard InChI is InChI=1S/C17H20FN3O3/c1-11-15(10-16(22)19-9-3-4-17(23)24)12(2)21(20-11)14-7-5-13(18)6-8-14/h5-8H,3-4,9-10H2,1-2H3,(H,19,22)(H,23,24). The summed E-state index contributed by atoms with van der Waals surface area (Å²) in [6, 6.07) is 5.98. The maximum atomic E-state index is 13.0. The fourth-order valence-electron chi connectivity index (χ4n) is 2.45. The lowest BCUT2D eigenvalue weighted by molar-refractivity contribution is -0.137. The first kappa shape index (κ1) is 17.7. The zero-order valence-corrected chi connectivity index (χ0v) is 13.7. The second-order valence-corrected chi connectivity index (χ2v) is 5.56. The molecule has 0 spiro atoms. The highest BCUT2D eigenvalue weighted by atomic mass is 19.1. The predicted octanol–water partition coefficient (Wildman–Crippen LogP) is 2.15. The van der Waals surface area contributed by atoms with E-state index in [1.54, 1.807) is 16.8 Å². The van der Waals surface area contributed by atoms with Gasteiger partial charge in [0.25, 0.3) is 0 Å². The van der Waals surface area contributed by atoms with E-state index in [1.807, 2.05) is 13.8 Å². The highest BCUT2D eigenvalue weighted by Crippen LogP contribution is 2.18. The van der Waals surface area contributed by atoms with Crippen LogP contribution >= 0.6 is 0 Å². The Hall–Kier alpha value is -2.70. The average molecular weight is 333 g/mol. The summed E-state index contributed by atoms with van der Waals surface area (Å²) in [5, 5.41) is 15.7. The minimum atomic E-state index is -0.878. The van der Waals surface area contributed by atoms with Crippen molar-refractivity contribution in [2.24, 2.45) is 0 Å². The van der Waals surface area contributed by atoms with Crippen molar-refractivity contribution in [3.05, 3.63) is 47.0 Å². The molecule has 0 saturated carbocycles. The molecule has 2 N–H and O–H groups in total. The topological polar surface area (TPSA) is 84.2 Å². The van der Waals surface area contributed by atoms with Crippen LogP contribution < -0.4 is 5.32 Å². The maximum absolute atomic E-state index is 13.0. The second kappa shape index (κ2) is 7.72. The van der Waals surface area contributed by atoms with Gasteiger partial charge in [-0.3, -0.25) is 9.59 Å². The molecule has 0 aliphatic heterocycles. The SMILES string of the molecule is Cc1nn(-c2ccc(F)cc2)c(C)c1CC(=O)NCCCC(=O)O. The van der Waals surface area contributed by atoms with Gasteiger partial charge in [0.2, 0.25) is 5.91 Å². The molecule has 6 nitrogen and oxygen atoms in total. The Morgan fingerprint density at radius 1 is 1.25 bits per heavy atom. The Morgan fingerprint density at radius 3 is 2.54 bits per heavy atom. The molecule has 0 atom stereocenters. The molecular weight excluding hydrogens is 313 g/mol. The molecule has 128 valence electrons. The van der Waals surface area contributed by atoms with E-state index in [0.717, 1.165) is 22.6 Å². The molecular formula is C17H20FN3O3. The second-order valence-electron chi connectivity index (χ2n) is 5.56. The number of carbonyl (C=O) groups is 2. The lowest BCUT2D eigenvalue weighted by Gasteiger charge is -2.06. The monoisotopic (exact) mass is 333 g/mol. The van der Waals surface area contributed by atoms with Crippen LogP contribution in [0.2, 0.25) is 0 Å². The van der Waals surface area contributed by atoms with Crippen LogP contribution in [0.1, 0.15) is 29.8 Å². The van der Waals surface area contributed by atoms with Crippen LogP contribution in [0.3, 0.4) is 0 Å². The largest absolute Gasteiger partial charge is 0.481 e. The van der Waals surface area contributed by atoms with E-state index in [1.165, 1.54) is 12.1 Å². The quantitative estimate of drug-likeness (QED) is 0.761. The molecule has 0 radical (unpaired) electrons. The maximum Gasteiger partial charge on any atom is 0.303 e. The first-order chi connectivity index (χ1) is 11.4. The number of nitrogens with one attached hydrogen (secondary N) is 1. The number of aliphatic carboxylic acids is 1. The minimum absolute atomic E-state index is 0.0286. The number of carboxylic acid groups (broad SMARTS) is 1. The average Bonchev–Trinajstić information content (AvgIpc) is 2.80. The Balaban J connectivity index is 2.04. The van der Waals surface area contributed by atoms with E-state index in [9.17, 15) is 14.0 Å². The van der Waals surface area contributed by atoms with Crippen LogP contribution in [0.4, 0.5) is 4.39 Å². The van der Waals surface area contributed by atoms with Crippen LogP contribution in [0.25, 0.3) is 5.69 Å². The molecule has 0 bridgehead atoms. The van der Waals surface area contributed by atoms with E-state index in [-0.39, 0.29) is 24.6 Å². The molecule has 2 rings (SSSR count). The van der Waals surface area contributed by atoms with Crippen molar-refractivity contribution in [3.63, 3.8) is 0 Å². The number of carbonyl (C=O) groups excluding carboxylic acids is 1. The molecule has 1 aromatic carbocycles. The molecule has 1 amide bonds. The van der Waals surface area contributed by atoms with Crippen molar-refractivity contribution in [2.75, 3.05) is 6.54 Å². The van der Waals surface area contributed by atoms with Gasteiger partial charge < -0.3 is 10.4 Å². The zero-order chi connectivity index (χ0) is 17.7. The summed E-state index contributed by atoms with van der Waals surface area (Å²) in [4.78, 5) is 22.4. The Morgan fingerprint density at radius 2 is 1.92 bits per heavy atom. The van der Waals surface area contributed by atoms with Gasteiger partial charge >= 0.3 is 5.97 Å². The van der Waals surface area contributed by atoms with E-state index < -0.39 is 5.97 Å². The molecule has 0 saturated heterocycles. The number of halogens is 1. The number of hydrogen-bond acceptors (Lipinski definition) is 3. The van der Waals surface area contributed by atoms with Gasteiger partial charge in [0.1, 0.15) is 5.82 Å². The molecule has 0 aliphatic rings. The molecule has 1 heterocycles. The van der Waals surface area contributed by atoms with Gasteiger partial charge in [-0.15, -0.1) is 0 Å². The van der Waals surface area contributed by atoms with Gasteiger partial charge in [-0.05, 0) is 44.5 Å².